The van der Waals surface area contributed by atoms with Crippen LogP contribution >= 0.6 is 0 Å². The number of nitrogens with zero attached hydrogens (tertiary/aromatic N) is 2. The molecule has 6 N–H and O–H groups in total. The number of hydrogen-bond donors (Lipinski definition) is 3. The number of carbonyl (C=O) groups is 1. The Morgan fingerprint density at radius 3 is 2.36 bits per heavy atom. The normalized spacial score (nSPS) is 10.3. The van der Waals surface area contributed by atoms with Gasteiger partial charge in [-0.2, -0.15) is 0 Å². The van der Waals surface area contributed by atoms with Crippen LogP contribution in [0.2, 0.25) is 0 Å². The largest absolute Gasteiger partial charge is 0.313 e. The van der Waals surface area contributed by atoms with E-state index in [4.69, 9.17) is 17.4 Å². The lowest BCUT2D eigenvalue weighted by atomic mass is 10.5. The second-order valence-corrected chi connectivity index (χ2v) is 2.11. The molecule has 1 amide bonds. The van der Waals surface area contributed by atoms with Crippen LogP contribution < -0.4 is 17.4 Å². The van der Waals surface area contributed by atoms with Crippen LogP contribution in [0, 0.1) is 0 Å². The Hall–Kier alpha value is -0.690. The molecule has 0 saturated carbocycles. The molecule has 0 atom stereocenters. The van der Waals surface area contributed by atoms with Crippen LogP contribution in [0.15, 0.2) is 0 Å². The topological polar surface area (TPSA) is 102 Å². The van der Waals surface area contributed by atoms with Gasteiger partial charge in [-0.25, -0.2) is 10.9 Å². The Morgan fingerprint density at radius 1 is 1.45 bits per heavy atom. The summed E-state index contributed by atoms with van der Waals surface area (Å²) in [6.45, 7) is 2.56. The van der Waals surface area contributed by atoms with Crippen molar-refractivity contribution >= 4 is 5.91 Å². The second kappa shape index (κ2) is 5.03. The maximum Gasteiger partial charge on any atom is 0.253 e. The van der Waals surface area contributed by atoms with Crippen LogP contribution in [-0.4, -0.2) is 35.7 Å². The molecule has 6 heteroatoms. The predicted molar refractivity (Wildman–Crippen MR) is 41.5 cm³/mol. The Morgan fingerprint density at radius 2 is 2.00 bits per heavy atom. The molecule has 0 radical (unpaired) electrons. The van der Waals surface area contributed by atoms with Crippen LogP contribution in [0.25, 0.3) is 0 Å². The monoisotopic (exact) mass is 161 g/mol. The van der Waals surface area contributed by atoms with E-state index in [1.54, 1.807) is 0 Å². The summed E-state index contributed by atoms with van der Waals surface area (Å²) in [6, 6.07) is 0. The molecule has 0 aromatic heterocycles. The first kappa shape index (κ1) is 10.3. The van der Waals surface area contributed by atoms with Crippen molar-refractivity contribution in [1.82, 2.24) is 10.0 Å². The van der Waals surface area contributed by atoms with E-state index in [0.717, 1.165) is 5.01 Å². The van der Waals surface area contributed by atoms with Crippen molar-refractivity contribution in [3.8, 4) is 0 Å². The summed E-state index contributed by atoms with van der Waals surface area (Å²) in [5, 5.41) is 2.29. The van der Waals surface area contributed by atoms with E-state index < -0.39 is 0 Å². The molecular weight excluding hydrogens is 146 g/mol. The van der Waals surface area contributed by atoms with Gasteiger partial charge in [0.25, 0.3) is 5.91 Å². The van der Waals surface area contributed by atoms with Crippen molar-refractivity contribution in [2.45, 2.75) is 6.92 Å². The van der Waals surface area contributed by atoms with Gasteiger partial charge < -0.3 is 5.73 Å². The maximum absolute atomic E-state index is 10.9. The van der Waals surface area contributed by atoms with E-state index in [0.29, 0.717) is 6.54 Å². The van der Waals surface area contributed by atoms with E-state index in [2.05, 4.69) is 0 Å². The molecule has 66 valence electrons. The van der Waals surface area contributed by atoms with Crippen LogP contribution in [0.5, 0.6) is 0 Å². The molecule has 0 aromatic carbocycles. The maximum atomic E-state index is 10.9. The van der Waals surface area contributed by atoms with Gasteiger partial charge in [0.1, 0.15) is 0 Å². The molecular formula is C5H15N5O. The van der Waals surface area contributed by atoms with Crippen molar-refractivity contribution in [1.29, 1.82) is 0 Å². The highest BCUT2D eigenvalue weighted by atomic mass is 16.2. The second-order valence-electron chi connectivity index (χ2n) is 2.11. The molecule has 0 bridgehead atoms. The molecule has 11 heavy (non-hydrogen) atoms. The fraction of sp³-hybridized carbons (Fsp3) is 0.800. The Bertz CT molecular complexity index is 128. The predicted octanol–water partition coefficient (Wildman–Crippen LogP) is -2.20. The minimum atomic E-state index is -0.281. The van der Waals surface area contributed by atoms with E-state index >= 15 is 0 Å². The molecule has 0 rings (SSSR count). The van der Waals surface area contributed by atoms with Crippen LogP contribution in [-0.2, 0) is 4.79 Å². The van der Waals surface area contributed by atoms with Crippen molar-refractivity contribution in [2.75, 3.05) is 19.8 Å². The van der Waals surface area contributed by atoms with Gasteiger partial charge in [0.15, 0.2) is 0 Å². The quantitative estimate of drug-likeness (QED) is 0.188. The van der Waals surface area contributed by atoms with Crippen LogP contribution in [0.1, 0.15) is 6.92 Å². The molecule has 0 aliphatic rings. The Labute approximate surface area is 65.8 Å². The molecule has 0 aliphatic heterocycles. The molecule has 0 heterocycles. The lowest BCUT2D eigenvalue weighted by Crippen LogP contribution is -2.48. The fourth-order valence-corrected chi connectivity index (χ4v) is 0.478. The Kier molecular flexibility index (Phi) is 4.71. The van der Waals surface area contributed by atoms with Gasteiger partial charge >= 0.3 is 0 Å². The minimum Gasteiger partial charge on any atom is -0.313 e. The smallest absolute Gasteiger partial charge is 0.253 e. The number of amides is 1. The zero-order valence-corrected chi connectivity index (χ0v) is 6.66. The molecule has 6 nitrogen and oxygen atoms in total. The first-order chi connectivity index (χ1) is 5.11. The zero-order valence-electron chi connectivity index (χ0n) is 6.66. The summed E-state index contributed by atoms with van der Waals surface area (Å²) in [7, 11) is 0. The van der Waals surface area contributed by atoms with Crippen molar-refractivity contribution in [2.24, 2.45) is 17.4 Å². The minimum absolute atomic E-state index is 0.0103. The van der Waals surface area contributed by atoms with Crippen molar-refractivity contribution < 1.29 is 4.79 Å². The van der Waals surface area contributed by atoms with Gasteiger partial charge in [0.2, 0.25) is 0 Å². The number of rotatable bonds is 4. The molecule has 0 aliphatic carbocycles. The molecule has 0 unspecified atom stereocenters. The van der Waals surface area contributed by atoms with Crippen LogP contribution in [0.3, 0.4) is 0 Å². The van der Waals surface area contributed by atoms with E-state index in [1.165, 1.54) is 5.01 Å². The van der Waals surface area contributed by atoms with Gasteiger partial charge in [-0.3, -0.25) is 15.6 Å². The van der Waals surface area contributed by atoms with Crippen molar-refractivity contribution in [3.63, 3.8) is 0 Å². The van der Waals surface area contributed by atoms with Gasteiger partial charge in [0, 0.05) is 6.54 Å². The summed E-state index contributed by atoms with van der Waals surface area (Å²) in [6.07, 6.45) is 0. The first-order valence-electron chi connectivity index (χ1n) is 3.36. The SMILES string of the molecule is CCN(N)CC(=O)N(N)CN. The highest BCUT2D eigenvalue weighted by Gasteiger charge is 2.09. The zero-order chi connectivity index (χ0) is 8.85. The number of hydrogen-bond acceptors (Lipinski definition) is 5. The van der Waals surface area contributed by atoms with E-state index in [1.807, 2.05) is 6.92 Å². The van der Waals surface area contributed by atoms with Gasteiger partial charge in [-0.1, -0.05) is 6.92 Å². The molecule has 0 spiro atoms. The first-order valence-corrected chi connectivity index (χ1v) is 3.36. The third-order valence-corrected chi connectivity index (χ3v) is 1.26. The lowest BCUT2D eigenvalue weighted by Gasteiger charge is -2.18. The highest BCUT2D eigenvalue weighted by molar-refractivity contribution is 5.77. The van der Waals surface area contributed by atoms with E-state index in [-0.39, 0.29) is 19.1 Å². The van der Waals surface area contributed by atoms with Gasteiger partial charge in [-0.05, 0) is 0 Å². The lowest BCUT2D eigenvalue weighted by molar-refractivity contribution is -0.132. The summed E-state index contributed by atoms with van der Waals surface area (Å²) in [4.78, 5) is 10.9. The van der Waals surface area contributed by atoms with E-state index in [9.17, 15) is 4.79 Å². The van der Waals surface area contributed by atoms with Gasteiger partial charge in [-0.15, -0.1) is 0 Å². The number of likely N-dealkylation sites (N-methyl/N-ethyl adjacent to an activating group) is 1. The third-order valence-electron chi connectivity index (χ3n) is 1.26. The Balaban J connectivity index is 3.68. The molecule has 0 fully saturated rings. The highest BCUT2D eigenvalue weighted by Crippen LogP contribution is 1.80. The average Bonchev–Trinajstić information content (AvgIpc) is 2.02. The summed E-state index contributed by atoms with van der Waals surface area (Å²) >= 11 is 0. The standard InChI is InChI=1S/C5H15N5O/c1-2-9(7)3-5(11)10(8)4-6/h2-4,6-8H2,1H3. The summed E-state index contributed by atoms with van der Waals surface area (Å²) in [5.74, 6) is 10.3. The van der Waals surface area contributed by atoms with Gasteiger partial charge in [0.05, 0.1) is 13.2 Å². The number of nitrogens with two attached hydrogens (primary N) is 3. The average molecular weight is 161 g/mol. The summed E-state index contributed by atoms with van der Waals surface area (Å²) < 4.78 is 0. The van der Waals surface area contributed by atoms with Crippen molar-refractivity contribution in [3.05, 3.63) is 0 Å². The van der Waals surface area contributed by atoms with Crippen LogP contribution in [0.4, 0.5) is 0 Å². The summed E-state index contributed by atoms with van der Waals surface area (Å²) in [5.41, 5.74) is 5.11. The third kappa shape index (κ3) is 3.89. The molecule has 0 aromatic rings. The number of hydrazine groups is 2. The number of carbonyl (C=O) groups excluding carboxylic acids is 1. The fourth-order valence-electron chi connectivity index (χ4n) is 0.478. The molecule has 0 saturated heterocycles.